The van der Waals surface area contributed by atoms with Crippen LogP contribution in [0.5, 0.6) is 0 Å². The van der Waals surface area contributed by atoms with Gasteiger partial charge in [0.2, 0.25) is 5.91 Å². The predicted octanol–water partition coefficient (Wildman–Crippen LogP) is 2.01. The summed E-state index contributed by atoms with van der Waals surface area (Å²) in [6.45, 7) is 4.78. The Balaban J connectivity index is 2.14. The van der Waals surface area contributed by atoms with Crippen molar-refractivity contribution in [2.24, 2.45) is 0 Å². The summed E-state index contributed by atoms with van der Waals surface area (Å²) in [7, 11) is 0. The number of thioether (sulfide) groups is 1. The van der Waals surface area contributed by atoms with E-state index in [0.29, 0.717) is 6.54 Å². The first-order chi connectivity index (χ1) is 8.22. The second-order valence-electron chi connectivity index (χ2n) is 4.19. The fraction of sp³-hybridized carbons (Fsp3) is 0.462. The molecule has 2 rings (SSSR count). The average molecular weight is 250 g/mol. The Kier molecular flexibility index (Phi) is 4.07. The standard InChI is InChI=1S/C13H18N2OS/c1-3-15(11-6-4-10(2)5-7-11)13(16)12-8-17-9-14-12/h4-7,12,14H,3,8-9H2,1-2H3. The molecule has 1 fully saturated rings. The molecule has 1 saturated heterocycles. The molecule has 0 aliphatic carbocycles. The normalized spacial score (nSPS) is 19.3. The molecule has 1 N–H and O–H groups in total. The monoisotopic (exact) mass is 250 g/mol. The number of nitrogens with zero attached hydrogens (tertiary/aromatic N) is 1. The number of carbonyl (C=O) groups is 1. The van der Waals surface area contributed by atoms with E-state index in [1.54, 1.807) is 11.8 Å². The first-order valence-corrected chi connectivity index (χ1v) is 7.07. The van der Waals surface area contributed by atoms with Crippen molar-refractivity contribution in [3.05, 3.63) is 29.8 Å². The van der Waals surface area contributed by atoms with Crippen LogP contribution in [0.4, 0.5) is 5.69 Å². The van der Waals surface area contributed by atoms with Gasteiger partial charge in [-0.1, -0.05) is 17.7 Å². The van der Waals surface area contributed by atoms with E-state index in [0.717, 1.165) is 17.3 Å². The topological polar surface area (TPSA) is 32.3 Å². The van der Waals surface area contributed by atoms with E-state index in [-0.39, 0.29) is 11.9 Å². The molecule has 17 heavy (non-hydrogen) atoms. The van der Waals surface area contributed by atoms with Crippen LogP contribution in [0.1, 0.15) is 12.5 Å². The summed E-state index contributed by atoms with van der Waals surface area (Å²) in [5, 5.41) is 3.22. The molecule has 4 heteroatoms. The van der Waals surface area contributed by atoms with Crippen LogP contribution in [-0.2, 0) is 4.79 Å². The van der Waals surface area contributed by atoms with Crippen LogP contribution in [0.25, 0.3) is 0 Å². The van der Waals surface area contributed by atoms with Gasteiger partial charge in [0, 0.05) is 23.9 Å². The zero-order valence-corrected chi connectivity index (χ0v) is 11.1. The maximum absolute atomic E-state index is 12.3. The molecule has 1 heterocycles. The van der Waals surface area contributed by atoms with E-state index in [4.69, 9.17) is 0 Å². The van der Waals surface area contributed by atoms with Crippen LogP contribution < -0.4 is 10.2 Å². The minimum absolute atomic E-state index is 0.0266. The lowest BCUT2D eigenvalue weighted by molar-refractivity contribution is -0.119. The van der Waals surface area contributed by atoms with E-state index in [1.807, 2.05) is 36.1 Å². The van der Waals surface area contributed by atoms with E-state index < -0.39 is 0 Å². The number of carbonyl (C=O) groups excluding carboxylic acids is 1. The zero-order valence-electron chi connectivity index (χ0n) is 10.3. The van der Waals surface area contributed by atoms with Crippen LogP contribution in [-0.4, -0.2) is 30.1 Å². The molecule has 0 radical (unpaired) electrons. The second kappa shape index (κ2) is 5.56. The smallest absolute Gasteiger partial charge is 0.244 e. The molecule has 92 valence electrons. The van der Waals surface area contributed by atoms with Gasteiger partial charge in [-0.25, -0.2) is 0 Å². The molecule has 3 nitrogen and oxygen atoms in total. The van der Waals surface area contributed by atoms with Crippen LogP contribution >= 0.6 is 11.8 Å². The van der Waals surface area contributed by atoms with Gasteiger partial charge in [0.25, 0.3) is 0 Å². The van der Waals surface area contributed by atoms with Crippen molar-refractivity contribution >= 4 is 23.4 Å². The zero-order chi connectivity index (χ0) is 12.3. The van der Waals surface area contributed by atoms with E-state index >= 15 is 0 Å². The Morgan fingerprint density at radius 3 is 2.71 bits per heavy atom. The highest BCUT2D eigenvalue weighted by molar-refractivity contribution is 7.99. The fourth-order valence-electron chi connectivity index (χ4n) is 1.93. The molecule has 0 spiro atoms. The van der Waals surface area contributed by atoms with Crippen molar-refractivity contribution in [3.8, 4) is 0 Å². The van der Waals surface area contributed by atoms with Gasteiger partial charge >= 0.3 is 0 Å². The Labute approximate surface area is 107 Å². The summed E-state index contributed by atoms with van der Waals surface area (Å²) in [6.07, 6.45) is 0. The molecule has 0 bridgehead atoms. The van der Waals surface area contributed by atoms with Gasteiger partial charge in [-0.05, 0) is 26.0 Å². The van der Waals surface area contributed by atoms with E-state index in [2.05, 4.69) is 12.2 Å². The molecule has 1 amide bonds. The van der Waals surface area contributed by atoms with Gasteiger partial charge in [-0.2, -0.15) is 0 Å². The molecular weight excluding hydrogens is 232 g/mol. The Morgan fingerprint density at radius 1 is 1.47 bits per heavy atom. The largest absolute Gasteiger partial charge is 0.311 e. The lowest BCUT2D eigenvalue weighted by Gasteiger charge is -2.24. The molecule has 0 aromatic heterocycles. The lowest BCUT2D eigenvalue weighted by atomic mass is 10.2. The average Bonchev–Trinajstić information content (AvgIpc) is 2.86. The first kappa shape index (κ1) is 12.5. The molecule has 1 atom stereocenters. The summed E-state index contributed by atoms with van der Waals surface area (Å²) in [5.41, 5.74) is 2.20. The van der Waals surface area contributed by atoms with Crippen LogP contribution in [0.15, 0.2) is 24.3 Å². The van der Waals surface area contributed by atoms with Gasteiger partial charge < -0.3 is 4.90 Å². The molecule has 1 aliphatic rings. The number of nitrogens with one attached hydrogen (secondary N) is 1. The highest BCUT2D eigenvalue weighted by atomic mass is 32.2. The van der Waals surface area contributed by atoms with Crippen molar-refractivity contribution in [1.29, 1.82) is 0 Å². The number of likely N-dealkylation sites (N-methyl/N-ethyl adjacent to an activating group) is 1. The highest BCUT2D eigenvalue weighted by Crippen LogP contribution is 2.19. The molecule has 1 unspecified atom stereocenters. The number of hydrogen-bond acceptors (Lipinski definition) is 3. The van der Waals surface area contributed by atoms with Crippen molar-refractivity contribution < 1.29 is 4.79 Å². The summed E-state index contributed by atoms with van der Waals surface area (Å²) in [6, 6.07) is 8.09. The number of rotatable bonds is 3. The van der Waals surface area contributed by atoms with Gasteiger partial charge in [-0.15, -0.1) is 11.8 Å². The van der Waals surface area contributed by atoms with Gasteiger partial charge in [-0.3, -0.25) is 10.1 Å². The van der Waals surface area contributed by atoms with Crippen molar-refractivity contribution in [1.82, 2.24) is 5.32 Å². The third-order valence-electron chi connectivity index (χ3n) is 2.94. The van der Waals surface area contributed by atoms with Crippen LogP contribution in [0.3, 0.4) is 0 Å². The third-order valence-corrected chi connectivity index (χ3v) is 3.88. The van der Waals surface area contributed by atoms with Crippen molar-refractivity contribution in [2.75, 3.05) is 23.1 Å². The number of anilines is 1. The first-order valence-electron chi connectivity index (χ1n) is 5.91. The summed E-state index contributed by atoms with van der Waals surface area (Å²) >= 11 is 1.78. The molecular formula is C13H18N2OS. The number of hydrogen-bond donors (Lipinski definition) is 1. The Morgan fingerprint density at radius 2 is 2.18 bits per heavy atom. The van der Waals surface area contributed by atoms with Gasteiger partial charge in [0.05, 0.1) is 6.04 Å². The molecule has 1 aliphatic heterocycles. The van der Waals surface area contributed by atoms with Crippen LogP contribution in [0, 0.1) is 6.92 Å². The Bertz CT molecular complexity index is 385. The number of aryl methyl sites for hydroxylation is 1. The molecule has 1 aromatic rings. The minimum Gasteiger partial charge on any atom is -0.311 e. The number of benzene rings is 1. The second-order valence-corrected chi connectivity index (χ2v) is 5.22. The van der Waals surface area contributed by atoms with Crippen LogP contribution in [0.2, 0.25) is 0 Å². The van der Waals surface area contributed by atoms with Gasteiger partial charge in [0.15, 0.2) is 0 Å². The maximum atomic E-state index is 12.3. The quantitative estimate of drug-likeness (QED) is 0.890. The third kappa shape index (κ3) is 2.82. The summed E-state index contributed by atoms with van der Waals surface area (Å²) in [4.78, 5) is 14.2. The molecule has 1 aromatic carbocycles. The minimum atomic E-state index is -0.0266. The fourth-order valence-corrected chi connectivity index (χ4v) is 2.87. The van der Waals surface area contributed by atoms with Gasteiger partial charge in [0.1, 0.15) is 0 Å². The Hall–Kier alpha value is -1.00. The predicted molar refractivity (Wildman–Crippen MR) is 73.5 cm³/mol. The van der Waals surface area contributed by atoms with E-state index in [9.17, 15) is 4.79 Å². The highest BCUT2D eigenvalue weighted by Gasteiger charge is 2.27. The summed E-state index contributed by atoms with van der Waals surface area (Å²) in [5.74, 6) is 1.93. The van der Waals surface area contributed by atoms with Crippen molar-refractivity contribution in [3.63, 3.8) is 0 Å². The lowest BCUT2D eigenvalue weighted by Crippen LogP contribution is -2.45. The summed E-state index contributed by atoms with van der Waals surface area (Å²) < 4.78 is 0. The molecule has 0 saturated carbocycles. The van der Waals surface area contributed by atoms with Crippen molar-refractivity contribution in [2.45, 2.75) is 19.9 Å². The van der Waals surface area contributed by atoms with E-state index in [1.165, 1.54) is 5.56 Å². The maximum Gasteiger partial charge on any atom is 0.244 e. The number of amides is 1. The SMILES string of the molecule is CCN(C(=O)C1CSCN1)c1ccc(C)cc1.